The standard InChI is InChI=1S/C11H14BrN3O4/c12-9-5-4-8(15(17)18)7-10(9)19-6-2-1-3-11(13)14-16/h4-5,7,16H,1-3,6H2,(H2,13,14). The van der Waals surface area contributed by atoms with Crippen LogP contribution < -0.4 is 10.5 Å². The Hall–Kier alpha value is -1.83. The molecular formula is C11H14BrN3O4. The first-order valence-corrected chi connectivity index (χ1v) is 6.37. The van der Waals surface area contributed by atoms with Crippen LogP contribution >= 0.6 is 15.9 Å². The minimum atomic E-state index is -0.474. The number of benzene rings is 1. The number of nitrogens with two attached hydrogens (primary N) is 1. The minimum Gasteiger partial charge on any atom is -0.492 e. The molecule has 19 heavy (non-hydrogen) atoms. The van der Waals surface area contributed by atoms with Crippen molar-refractivity contribution in [1.82, 2.24) is 0 Å². The molecule has 1 aromatic rings. The normalized spacial score (nSPS) is 11.3. The van der Waals surface area contributed by atoms with Gasteiger partial charge in [0, 0.05) is 12.5 Å². The van der Waals surface area contributed by atoms with Crippen LogP contribution in [-0.4, -0.2) is 22.6 Å². The van der Waals surface area contributed by atoms with Gasteiger partial charge >= 0.3 is 0 Å². The average Bonchev–Trinajstić information content (AvgIpc) is 2.39. The summed E-state index contributed by atoms with van der Waals surface area (Å²) in [6, 6.07) is 4.34. The molecule has 0 aliphatic rings. The molecule has 104 valence electrons. The SMILES string of the molecule is N/C(CCCCOc1cc([N+](=O)[O-])ccc1Br)=N/O. The number of hydrogen-bond donors (Lipinski definition) is 2. The van der Waals surface area contributed by atoms with E-state index in [1.807, 2.05) is 0 Å². The maximum Gasteiger partial charge on any atom is 0.273 e. The summed E-state index contributed by atoms with van der Waals surface area (Å²) in [4.78, 5) is 10.2. The predicted octanol–water partition coefficient (Wildman–Crippen LogP) is 2.65. The van der Waals surface area contributed by atoms with Crippen LogP contribution in [0, 0.1) is 10.1 Å². The number of hydrogen-bond acceptors (Lipinski definition) is 5. The first-order valence-electron chi connectivity index (χ1n) is 5.57. The van der Waals surface area contributed by atoms with Crippen molar-refractivity contribution >= 4 is 27.5 Å². The fourth-order valence-electron chi connectivity index (χ4n) is 1.36. The van der Waals surface area contributed by atoms with Gasteiger partial charge in [-0.1, -0.05) is 5.16 Å². The van der Waals surface area contributed by atoms with Crippen LogP contribution in [-0.2, 0) is 0 Å². The van der Waals surface area contributed by atoms with Gasteiger partial charge in [-0.2, -0.15) is 0 Å². The molecule has 0 unspecified atom stereocenters. The molecule has 0 saturated heterocycles. The molecular weight excluding hydrogens is 318 g/mol. The molecule has 1 rings (SSSR count). The van der Waals surface area contributed by atoms with Crippen molar-refractivity contribution in [3.05, 3.63) is 32.8 Å². The number of nitro groups is 1. The number of halogens is 1. The number of unbranched alkanes of at least 4 members (excludes halogenated alkanes) is 1. The molecule has 3 N–H and O–H groups in total. The van der Waals surface area contributed by atoms with Crippen LogP contribution in [0.5, 0.6) is 5.75 Å². The van der Waals surface area contributed by atoms with Crippen molar-refractivity contribution in [2.45, 2.75) is 19.3 Å². The number of rotatable bonds is 7. The van der Waals surface area contributed by atoms with Crippen molar-refractivity contribution in [2.75, 3.05) is 6.61 Å². The van der Waals surface area contributed by atoms with Gasteiger partial charge in [0.2, 0.25) is 0 Å². The van der Waals surface area contributed by atoms with E-state index in [4.69, 9.17) is 15.7 Å². The van der Waals surface area contributed by atoms with E-state index in [1.165, 1.54) is 12.1 Å². The molecule has 0 bridgehead atoms. The smallest absolute Gasteiger partial charge is 0.273 e. The number of oxime groups is 1. The molecule has 0 aromatic heterocycles. The van der Waals surface area contributed by atoms with Gasteiger partial charge in [0.25, 0.3) is 5.69 Å². The Kier molecular flexibility index (Phi) is 6.07. The number of non-ortho nitro benzene ring substituents is 1. The van der Waals surface area contributed by atoms with Crippen molar-refractivity contribution in [2.24, 2.45) is 10.9 Å². The second kappa shape index (κ2) is 7.57. The summed E-state index contributed by atoms with van der Waals surface area (Å²) in [5.41, 5.74) is 5.30. The maximum absolute atomic E-state index is 10.6. The Morgan fingerprint density at radius 3 is 2.89 bits per heavy atom. The zero-order chi connectivity index (χ0) is 14.3. The molecule has 0 fully saturated rings. The van der Waals surface area contributed by atoms with Gasteiger partial charge in [-0.05, 0) is 34.8 Å². The quantitative estimate of drug-likeness (QED) is 0.199. The van der Waals surface area contributed by atoms with Gasteiger partial charge in [0.1, 0.15) is 11.6 Å². The summed E-state index contributed by atoms with van der Waals surface area (Å²) in [6.07, 6.45) is 1.89. The van der Waals surface area contributed by atoms with Crippen LogP contribution in [0.1, 0.15) is 19.3 Å². The van der Waals surface area contributed by atoms with Crippen LogP contribution in [0.2, 0.25) is 0 Å². The van der Waals surface area contributed by atoms with Crippen LogP contribution in [0.25, 0.3) is 0 Å². The monoisotopic (exact) mass is 331 g/mol. The Morgan fingerprint density at radius 2 is 2.26 bits per heavy atom. The number of nitro benzene ring substituents is 1. The van der Waals surface area contributed by atoms with Gasteiger partial charge in [0.05, 0.1) is 22.1 Å². The topological polar surface area (TPSA) is 111 Å². The Bertz CT molecular complexity index is 479. The lowest BCUT2D eigenvalue weighted by Crippen LogP contribution is -2.11. The fraction of sp³-hybridized carbons (Fsp3) is 0.364. The van der Waals surface area contributed by atoms with E-state index in [1.54, 1.807) is 6.07 Å². The molecule has 0 aliphatic heterocycles. The molecule has 0 saturated carbocycles. The molecule has 1 aromatic carbocycles. The van der Waals surface area contributed by atoms with E-state index in [0.29, 0.717) is 36.1 Å². The van der Waals surface area contributed by atoms with Crippen LogP contribution in [0.4, 0.5) is 5.69 Å². The van der Waals surface area contributed by atoms with Crippen LogP contribution in [0.15, 0.2) is 27.8 Å². The lowest BCUT2D eigenvalue weighted by molar-refractivity contribution is -0.385. The first-order chi connectivity index (χ1) is 9.04. The Morgan fingerprint density at radius 1 is 1.53 bits per heavy atom. The van der Waals surface area contributed by atoms with Crippen molar-refractivity contribution < 1.29 is 14.9 Å². The van der Waals surface area contributed by atoms with Gasteiger partial charge in [-0.3, -0.25) is 10.1 Å². The number of nitrogens with zero attached hydrogens (tertiary/aromatic N) is 2. The maximum atomic E-state index is 10.6. The third-order valence-corrected chi connectivity index (χ3v) is 2.99. The summed E-state index contributed by atoms with van der Waals surface area (Å²) >= 11 is 3.26. The fourth-order valence-corrected chi connectivity index (χ4v) is 1.72. The summed E-state index contributed by atoms with van der Waals surface area (Å²) in [5.74, 6) is 0.606. The van der Waals surface area contributed by atoms with Crippen molar-refractivity contribution in [3.8, 4) is 5.75 Å². The van der Waals surface area contributed by atoms with E-state index >= 15 is 0 Å². The van der Waals surface area contributed by atoms with Crippen molar-refractivity contribution in [1.29, 1.82) is 0 Å². The summed E-state index contributed by atoms with van der Waals surface area (Å²) in [7, 11) is 0. The summed E-state index contributed by atoms with van der Waals surface area (Å²) in [6.45, 7) is 0.401. The second-order valence-corrected chi connectivity index (χ2v) is 4.62. The number of ether oxygens (including phenoxy) is 1. The Labute approximate surface area is 118 Å². The van der Waals surface area contributed by atoms with E-state index in [0.717, 1.165) is 0 Å². The van der Waals surface area contributed by atoms with Crippen molar-refractivity contribution in [3.63, 3.8) is 0 Å². The summed E-state index contributed by atoms with van der Waals surface area (Å²) in [5, 5.41) is 21.8. The third-order valence-electron chi connectivity index (χ3n) is 2.34. The van der Waals surface area contributed by atoms with E-state index < -0.39 is 4.92 Å². The lowest BCUT2D eigenvalue weighted by atomic mass is 10.2. The van der Waals surface area contributed by atoms with E-state index in [2.05, 4.69) is 21.1 Å². The minimum absolute atomic E-state index is 0.0186. The highest BCUT2D eigenvalue weighted by atomic mass is 79.9. The molecule has 0 amide bonds. The van der Waals surface area contributed by atoms with Gasteiger partial charge in [-0.25, -0.2) is 0 Å². The largest absolute Gasteiger partial charge is 0.492 e. The zero-order valence-electron chi connectivity index (χ0n) is 10.1. The second-order valence-electron chi connectivity index (χ2n) is 3.77. The Balaban J connectivity index is 2.44. The molecule has 7 nitrogen and oxygen atoms in total. The highest BCUT2D eigenvalue weighted by molar-refractivity contribution is 9.10. The highest BCUT2D eigenvalue weighted by Crippen LogP contribution is 2.29. The van der Waals surface area contributed by atoms with E-state index in [-0.39, 0.29) is 11.5 Å². The average molecular weight is 332 g/mol. The predicted molar refractivity (Wildman–Crippen MR) is 73.6 cm³/mol. The van der Waals surface area contributed by atoms with Gasteiger partial charge in [0.15, 0.2) is 0 Å². The van der Waals surface area contributed by atoms with Crippen LogP contribution in [0.3, 0.4) is 0 Å². The number of amidine groups is 1. The lowest BCUT2D eigenvalue weighted by Gasteiger charge is -2.07. The molecule has 0 aliphatic carbocycles. The van der Waals surface area contributed by atoms with Gasteiger partial charge < -0.3 is 15.7 Å². The molecule has 0 heterocycles. The molecule has 0 atom stereocenters. The molecule has 8 heteroatoms. The zero-order valence-corrected chi connectivity index (χ0v) is 11.7. The van der Waals surface area contributed by atoms with Gasteiger partial charge in [-0.15, -0.1) is 0 Å². The third kappa shape index (κ3) is 5.12. The molecule has 0 radical (unpaired) electrons. The highest BCUT2D eigenvalue weighted by Gasteiger charge is 2.10. The first kappa shape index (κ1) is 15.2. The van der Waals surface area contributed by atoms with E-state index in [9.17, 15) is 10.1 Å². The molecule has 0 spiro atoms. The summed E-state index contributed by atoms with van der Waals surface area (Å²) < 4.78 is 6.11.